The molecule has 0 radical (unpaired) electrons. The number of hydrogen-bond acceptors (Lipinski definition) is 2. The molecule has 1 saturated carbocycles. The molecule has 0 amide bonds. The molecule has 0 heterocycles. The van der Waals surface area contributed by atoms with Crippen molar-refractivity contribution >= 4 is 5.97 Å². The summed E-state index contributed by atoms with van der Waals surface area (Å²) in [6.45, 7) is 4.87. The highest BCUT2D eigenvalue weighted by Gasteiger charge is 2.28. The van der Waals surface area contributed by atoms with Gasteiger partial charge in [-0.25, -0.2) is 0 Å². The molecule has 0 spiro atoms. The van der Waals surface area contributed by atoms with Gasteiger partial charge in [0, 0.05) is 6.42 Å². The lowest BCUT2D eigenvalue weighted by atomic mass is 9.88. The van der Waals surface area contributed by atoms with E-state index in [0.29, 0.717) is 18.9 Å². The Bertz CT molecular complexity index is 213. The maximum atomic E-state index is 11.6. The second kappa shape index (κ2) is 8.54. The first-order chi connectivity index (χ1) is 8.27. The molecule has 2 unspecified atom stereocenters. The van der Waals surface area contributed by atoms with Crippen LogP contribution in [0.25, 0.3) is 0 Å². The summed E-state index contributed by atoms with van der Waals surface area (Å²) in [6.07, 6.45) is 10.7. The molecule has 17 heavy (non-hydrogen) atoms. The number of esters is 1. The van der Waals surface area contributed by atoms with Crippen LogP contribution in [-0.2, 0) is 9.53 Å². The molecular weight excluding hydrogens is 212 g/mol. The number of ether oxygens (including phenoxy) is 1. The van der Waals surface area contributed by atoms with Crippen LogP contribution in [0.1, 0.15) is 71.6 Å². The van der Waals surface area contributed by atoms with Crippen molar-refractivity contribution in [2.45, 2.75) is 71.6 Å². The Morgan fingerprint density at radius 2 is 1.88 bits per heavy atom. The molecule has 0 aliphatic heterocycles. The van der Waals surface area contributed by atoms with Gasteiger partial charge in [0.15, 0.2) is 0 Å². The van der Waals surface area contributed by atoms with Crippen molar-refractivity contribution in [3.05, 3.63) is 0 Å². The van der Waals surface area contributed by atoms with Crippen LogP contribution in [0.15, 0.2) is 0 Å². The van der Waals surface area contributed by atoms with Crippen LogP contribution < -0.4 is 0 Å². The molecule has 100 valence electrons. The minimum Gasteiger partial charge on any atom is -0.466 e. The van der Waals surface area contributed by atoms with E-state index >= 15 is 0 Å². The number of carbonyl (C=O) groups is 1. The predicted octanol–water partition coefficient (Wildman–Crippen LogP) is 4.33. The SMILES string of the molecule is CCCCCC1CCCC1CC(=O)OCCC. The lowest BCUT2D eigenvalue weighted by molar-refractivity contribution is -0.145. The minimum atomic E-state index is 0.0271. The van der Waals surface area contributed by atoms with Gasteiger partial charge in [-0.1, -0.05) is 52.4 Å². The molecule has 2 atom stereocenters. The van der Waals surface area contributed by atoms with E-state index in [2.05, 4.69) is 6.92 Å². The van der Waals surface area contributed by atoms with Crippen LogP contribution in [0.5, 0.6) is 0 Å². The van der Waals surface area contributed by atoms with Gasteiger partial charge in [-0.15, -0.1) is 0 Å². The highest BCUT2D eigenvalue weighted by atomic mass is 16.5. The van der Waals surface area contributed by atoms with Crippen LogP contribution in [0.3, 0.4) is 0 Å². The van der Waals surface area contributed by atoms with Gasteiger partial charge in [-0.2, -0.15) is 0 Å². The summed E-state index contributed by atoms with van der Waals surface area (Å²) in [7, 11) is 0. The van der Waals surface area contributed by atoms with Gasteiger partial charge in [0.2, 0.25) is 0 Å². The second-order valence-corrected chi connectivity index (χ2v) is 5.37. The Morgan fingerprint density at radius 3 is 2.59 bits per heavy atom. The molecule has 0 aromatic heterocycles. The zero-order chi connectivity index (χ0) is 12.5. The lowest BCUT2D eigenvalue weighted by Crippen LogP contribution is -2.15. The number of rotatable bonds is 8. The van der Waals surface area contributed by atoms with E-state index in [1.807, 2.05) is 6.92 Å². The van der Waals surface area contributed by atoms with Crippen LogP contribution in [0.4, 0.5) is 0 Å². The Hall–Kier alpha value is -0.530. The maximum absolute atomic E-state index is 11.6. The molecule has 2 heteroatoms. The number of hydrogen-bond donors (Lipinski definition) is 0. The first-order valence-corrected chi connectivity index (χ1v) is 7.43. The average molecular weight is 240 g/mol. The van der Waals surface area contributed by atoms with E-state index in [1.54, 1.807) is 0 Å². The fourth-order valence-electron chi connectivity index (χ4n) is 2.91. The first kappa shape index (κ1) is 14.5. The summed E-state index contributed by atoms with van der Waals surface area (Å²) < 4.78 is 5.19. The van der Waals surface area contributed by atoms with Crippen molar-refractivity contribution in [3.63, 3.8) is 0 Å². The van der Waals surface area contributed by atoms with Gasteiger partial charge < -0.3 is 4.74 Å². The van der Waals surface area contributed by atoms with E-state index in [-0.39, 0.29) is 5.97 Å². The molecule has 1 aliphatic carbocycles. The topological polar surface area (TPSA) is 26.3 Å². The zero-order valence-corrected chi connectivity index (χ0v) is 11.5. The van der Waals surface area contributed by atoms with Gasteiger partial charge in [0.25, 0.3) is 0 Å². The van der Waals surface area contributed by atoms with Gasteiger partial charge in [0.1, 0.15) is 0 Å². The molecule has 0 aromatic rings. The van der Waals surface area contributed by atoms with Gasteiger partial charge in [-0.3, -0.25) is 4.79 Å². The van der Waals surface area contributed by atoms with Crippen LogP contribution in [0.2, 0.25) is 0 Å². The smallest absolute Gasteiger partial charge is 0.306 e. The molecule has 2 nitrogen and oxygen atoms in total. The molecule has 0 aromatic carbocycles. The fourth-order valence-corrected chi connectivity index (χ4v) is 2.91. The van der Waals surface area contributed by atoms with Crippen molar-refractivity contribution < 1.29 is 9.53 Å². The monoisotopic (exact) mass is 240 g/mol. The van der Waals surface area contributed by atoms with Crippen molar-refractivity contribution in [2.75, 3.05) is 6.61 Å². The van der Waals surface area contributed by atoms with E-state index in [1.165, 1.54) is 44.9 Å². The number of unbranched alkanes of at least 4 members (excludes halogenated alkanes) is 2. The van der Waals surface area contributed by atoms with E-state index in [0.717, 1.165) is 12.3 Å². The van der Waals surface area contributed by atoms with Crippen molar-refractivity contribution in [2.24, 2.45) is 11.8 Å². The lowest BCUT2D eigenvalue weighted by Gasteiger charge is -2.18. The summed E-state index contributed by atoms with van der Waals surface area (Å²) >= 11 is 0. The molecule has 0 bridgehead atoms. The predicted molar refractivity (Wildman–Crippen MR) is 70.8 cm³/mol. The summed E-state index contributed by atoms with van der Waals surface area (Å²) in [5, 5.41) is 0. The third-order valence-electron chi connectivity index (χ3n) is 3.89. The molecule has 1 fully saturated rings. The van der Waals surface area contributed by atoms with Crippen LogP contribution in [0, 0.1) is 11.8 Å². The summed E-state index contributed by atoms with van der Waals surface area (Å²) in [5.74, 6) is 1.42. The molecule has 0 saturated heterocycles. The highest BCUT2D eigenvalue weighted by Crippen LogP contribution is 2.37. The summed E-state index contributed by atoms with van der Waals surface area (Å²) in [6, 6.07) is 0. The average Bonchev–Trinajstić information content (AvgIpc) is 2.74. The fraction of sp³-hybridized carbons (Fsp3) is 0.933. The number of carbonyl (C=O) groups excluding carboxylic acids is 1. The quantitative estimate of drug-likeness (QED) is 0.466. The molecular formula is C15H28O2. The van der Waals surface area contributed by atoms with Crippen LogP contribution >= 0.6 is 0 Å². The normalized spacial score (nSPS) is 23.9. The maximum Gasteiger partial charge on any atom is 0.306 e. The largest absolute Gasteiger partial charge is 0.466 e. The molecule has 0 N–H and O–H groups in total. The van der Waals surface area contributed by atoms with Gasteiger partial charge in [0.05, 0.1) is 6.61 Å². The third-order valence-corrected chi connectivity index (χ3v) is 3.89. The van der Waals surface area contributed by atoms with Gasteiger partial charge >= 0.3 is 5.97 Å². The third kappa shape index (κ3) is 5.56. The Kier molecular flexibility index (Phi) is 7.30. The highest BCUT2D eigenvalue weighted by molar-refractivity contribution is 5.69. The zero-order valence-electron chi connectivity index (χ0n) is 11.5. The van der Waals surface area contributed by atoms with Gasteiger partial charge in [-0.05, 0) is 24.7 Å². The summed E-state index contributed by atoms with van der Waals surface area (Å²) in [5.41, 5.74) is 0. The Labute approximate surface area is 106 Å². The molecule has 1 rings (SSSR count). The van der Waals surface area contributed by atoms with E-state index in [9.17, 15) is 4.79 Å². The van der Waals surface area contributed by atoms with Crippen LogP contribution in [-0.4, -0.2) is 12.6 Å². The molecule has 1 aliphatic rings. The Balaban J connectivity index is 2.23. The van der Waals surface area contributed by atoms with Crippen molar-refractivity contribution in [1.82, 2.24) is 0 Å². The second-order valence-electron chi connectivity index (χ2n) is 5.37. The Morgan fingerprint density at radius 1 is 1.12 bits per heavy atom. The minimum absolute atomic E-state index is 0.0271. The van der Waals surface area contributed by atoms with E-state index in [4.69, 9.17) is 4.74 Å². The first-order valence-electron chi connectivity index (χ1n) is 7.43. The summed E-state index contributed by atoms with van der Waals surface area (Å²) in [4.78, 5) is 11.6. The van der Waals surface area contributed by atoms with E-state index < -0.39 is 0 Å². The van der Waals surface area contributed by atoms with Crippen molar-refractivity contribution in [1.29, 1.82) is 0 Å². The standard InChI is InChI=1S/C15H28O2/c1-3-5-6-8-13-9-7-10-14(13)12-15(16)17-11-4-2/h13-14H,3-12H2,1-2H3. The van der Waals surface area contributed by atoms with Crippen molar-refractivity contribution in [3.8, 4) is 0 Å².